The molecule has 0 aliphatic heterocycles. The molecule has 1 heterocycles. The molecule has 4 rings (SSSR count). The van der Waals surface area contributed by atoms with Gasteiger partial charge in [0.2, 0.25) is 0 Å². The van der Waals surface area contributed by atoms with Gasteiger partial charge in [-0.25, -0.2) is 9.18 Å². The van der Waals surface area contributed by atoms with Crippen molar-refractivity contribution in [3.63, 3.8) is 0 Å². The number of amides is 1. The van der Waals surface area contributed by atoms with Gasteiger partial charge in [0, 0.05) is 47.3 Å². The van der Waals surface area contributed by atoms with Crippen LogP contribution in [0, 0.1) is 5.82 Å². The maximum Gasteiger partial charge on any atom is 0.415 e. The van der Waals surface area contributed by atoms with E-state index in [4.69, 9.17) is 27.9 Å². The number of aromatic nitrogens is 1. The molecule has 0 fully saturated rings. The van der Waals surface area contributed by atoms with E-state index in [0.717, 1.165) is 16.5 Å². The molecule has 170 valence electrons. The number of hydrogen-bond donors (Lipinski definition) is 0. The number of carbonyl (C=O) groups is 1. The van der Waals surface area contributed by atoms with Crippen LogP contribution in [0.5, 0.6) is 5.75 Å². The average molecular weight is 485 g/mol. The number of ether oxygens (including phenoxy) is 1. The number of fused-ring (bicyclic) bond motifs is 1. The van der Waals surface area contributed by atoms with Crippen molar-refractivity contribution in [2.45, 2.75) is 20.4 Å². The van der Waals surface area contributed by atoms with Gasteiger partial charge in [-0.1, -0.05) is 47.5 Å². The zero-order valence-corrected chi connectivity index (χ0v) is 19.8. The van der Waals surface area contributed by atoms with Gasteiger partial charge in [-0.15, -0.1) is 0 Å². The fourth-order valence-electron chi connectivity index (χ4n) is 3.88. The molecule has 0 spiro atoms. The minimum atomic E-state index is -0.509. The van der Waals surface area contributed by atoms with Crippen molar-refractivity contribution in [1.82, 2.24) is 9.47 Å². The Morgan fingerprint density at radius 2 is 1.76 bits per heavy atom. The molecular weight excluding hydrogens is 462 g/mol. The molecule has 1 amide bonds. The van der Waals surface area contributed by atoms with Crippen molar-refractivity contribution in [3.05, 3.63) is 88.3 Å². The van der Waals surface area contributed by atoms with E-state index in [0.29, 0.717) is 41.5 Å². The smallest absolute Gasteiger partial charge is 0.410 e. The number of carbonyl (C=O) groups excluding carboxylic acids is 1. The third kappa shape index (κ3) is 4.70. The van der Waals surface area contributed by atoms with E-state index in [1.54, 1.807) is 23.1 Å². The minimum Gasteiger partial charge on any atom is -0.410 e. The molecule has 3 aromatic carbocycles. The van der Waals surface area contributed by atoms with Gasteiger partial charge in [0.15, 0.2) is 0 Å². The normalized spacial score (nSPS) is 11.1. The van der Waals surface area contributed by atoms with Gasteiger partial charge >= 0.3 is 6.09 Å². The summed E-state index contributed by atoms with van der Waals surface area (Å²) in [5.41, 5.74) is 3.24. The predicted octanol–water partition coefficient (Wildman–Crippen LogP) is 7.64. The Morgan fingerprint density at radius 3 is 2.45 bits per heavy atom. The van der Waals surface area contributed by atoms with Crippen LogP contribution in [-0.4, -0.2) is 28.6 Å². The highest BCUT2D eigenvalue weighted by Crippen LogP contribution is 2.39. The zero-order chi connectivity index (χ0) is 23.5. The van der Waals surface area contributed by atoms with E-state index in [2.05, 4.69) is 4.57 Å². The lowest BCUT2D eigenvalue weighted by Gasteiger charge is -2.20. The van der Waals surface area contributed by atoms with Crippen LogP contribution in [0.3, 0.4) is 0 Å². The van der Waals surface area contributed by atoms with Gasteiger partial charge in [0.25, 0.3) is 0 Å². The third-order valence-electron chi connectivity index (χ3n) is 5.64. The van der Waals surface area contributed by atoms with Crippen LogP contribution in [0.1, 0.15) is 19.4 Å². The second kappa shape index (κ2) is 9.86. The first-order valence-electron chi connectivity index (χ1n) is 10.7. The predicted molar refractivity (Wildman–Crippen MR) is 132 cm³/mol. The molecule has 0 aliphatic rings. The fraction of sp³-hybridized carbons (Fsp3) is 0.192. The Balaban J connectivity index is 1.84. The molecular formula is C26H23Cl2FN2O2. The van der Waals surface area contributed by atoms with Crippen molar-refractivity contribution < 1.29 is 13.9 Å². The van der Waals surface area contributed by atoms with E-state index in [-0.39, 0.29) is 5.02 Å². The molecule has 33 heavy (non-hydrogen) atoms. The van der Waals surface area contributed by atoms with Crippen LogP contribution in [0.4, 0.5) is 9.18 Å². The third-order valence-corrected chi connectivity index (χ3v) is 6.30. The number of nitrogens with zero attached hydrogens (tertiary/aromatic N) is 2. The minimum absolute atomic E-state index is 0.000947. The number of hydrogen-bond acceptors (Lipinski definition) is 2. The highest BCUT2D eigenvalue weighted by Gasteiger charge is 2.20. The largest absolute Gasteiger partial charge is 0.415 e. The van der Waals surface area contributed by atoms with Crippen LogP contribution in [-0.2, 0) is 6.54 Å². The standard InChI is InChI=1S/C26H23Cl2FN2O2/c1-3-30(4-2)26(32)33-24-12-11-23-19(25(24)17-9-10-22(29)21(28)15-17)13-14-31(23)16-18-7-5-6-8-20(18)27/h5-15H,3-4,16H2,1-2H3. The van der Waals surface area contributed by atoms with Crippen LogP contribution >= 0.6 is 23.2 Å². The van der Waals surface area contributed by atoms with Crippen molar-refractivity contribution >= 4 is 40.2 Å². The highest BCUT2D eigenvalue weighted by atomic mass is 35.5. The van der Waals surface area contributed by atoms with Crippen molar-refractivity contribution in [2.75, 3.05) is 13.1 Å². The van der Waals surface area contributed by atoms with Crippen LogP contribution in [0.25, 0.3) is 22.0 Å². The molecule has 0 aliphatic carbocycles. The summed E-state index contributed by atoms with van der Waals surface area (Å²) in [6, 6.07) is 17.8. The van der Waals surface area contributed by atoms with Gasteiger partial charge in [0.1, 0.15) is 11.6 Å². The summed E-state index contributed by atoms with van der Waals surface area (Å²) in [6.07, 6.45) is 1.52. The van der Waals surface area contributed by atoms with Gasteiger partial charge in [-0.3, -0.25) is 0 Å². The van der Waals surface area contributed by atoms with Crippen LogP contribution in [0.2, 0.25) is 10.0 Å². The monoisotopic (exact) mass is 484 g/mol. The molecule has 0 atom stereocenters. The van der Waals surface area contributed by atoms with E-state index >= 15 is 0 Å². The van der Waals surface area contributed by atoms with E-state index in [9.17, 15) is 9.18 Å². The summed E-state index contributed by atoms with van der Waals surface area (Å²) >= 11 is 12.5. The van der Waals surface area contributed by atoms with Gasteiger partial charge in [-0.2, -0.15) is 0 Å². The lowest BCUT2D eigenvalue weighted by atomic mass is 10.0. The molecule has 0 saturated carbocycles. The first kappa shape index (κ1) is 23.1. The van der Waals surface area contributed by atoms with E-state index < -0.39 is 11.9 Å². The Kier molecular flexibility index (Phi) is 6.91. The second-order valence-corrected chi connectivity index (χ2v) is 8.39. The molecule has 0 bridgehead atoms. The molecule has 4 nitrogen and oxygen atoms in total. The van der Waals surface area contributed by atoms with Crippen molar-refractivity contribution in [1.29, 1.82) is 0 Å². The Hall–Kier alpha value is -3.02. The molecule has 0 N–H and O–H groups in total. The summed E-state index contributed by atoms with van der Waals surface area (Å²) in [5, 5.41) is 1.55. The lowest BCUT2D eigenvalue weighted by molar-refractivity contribution is 0.157. The Labute approximate surface area is 202 Å². The number of benzene rings is 3. The summed E-state index contributed by atoms with van der Waals surface area (Å²) < 4.78 is 21.7. The van der Waals surface area contributed by atoms with Crippen LogP contribution < -0.4 is 4.74 Å². The Morgan fingerprint density at radius 1 is 1.00 bits per heavy atom. The summed E-state index contributed by atoms with van der Waals surface area (Å²) in [6.45, 7) is 5.42. The van der Waals surface area contributed by atoms with E-state index in [1.165, 1.54) is 6.07 Å². The quantitative estimate of drug-likeness (QED) is 0.281. The number of halogens is 3. The maximum atomic E-state index is 13.9. The topological polar surface area (TPSA) is 34.5 Å². The van der Waals surface area contributed by atoms with Crippen molar-refractivity contribution in [3.8, 4) is 16.9 Å². The van der Waals surface area contributed by atoms with E-state index in [1.807, 2.05) is 56.4 Å². The van der Waals surface area contributed by atoms with Gasteiger partial charge < -0.3 is 14.2 Å². The molecule has 7 heteroatoms. The van der Waals surface area contributed by atoms with Gasteiger partial charge in [0.05, 0.1) is 5.02 Å². The SMILES string of the molecule is CCN(CC)C(=O)Oc1ccc2c(ccn2Cc2ccccc2Cl)c1-c1ccc(F)c(Cl)c1. The molecule has 4 aromatic rings. The summed E-state index contributed by atoms with van der Waals surface area (Å²) in [5.74, 6) is -0.122. The number of rotatable bonds is 6. The zero-order valence-electron chi connectivity index (χ0n) is 18.3. The summed E-state index contributed by atoms with van der Waals surface area (Å²) in [4.78, 5) is 14.3. The molecule has 0 radical (unpaired) electrons. The first-order valence-corrected chi connectivity index (χ1v) is 11.5. The van der Waals surface area contributed by atoms with Crippen molar-refractivity contribution in [2.24, 2.45) is 0 Å². The summed E-state index contributed by atoms with van der Waals surface area (Å²) in [7, 11) is 0. The fourth-order valence-corrected chi connectivity index (χ4v) is 4.25. The molecule has 0 unspecified atom stereocenters. The van der Waals surface area contributed by atoms with Gasteiger partial charge in [-0.05, 0) is 61.4 Å². The first-order chi connectivity index (χ1) is 15.9. The average Bonchev–Trinajstić information content (AvgIpc) is 3.21. The Bertz CT molecular complexity index is 1320. The molecule has 1 aromatic heterocycles. The maximum absolute atomic E-state index is 13.9. The highest BCUT2D eigenvalue weighted by molar-refractivity contribution is 6.31. The molecule has 0 saturated heterocycles. The lowest BCUT2D eigenvalue weighted by Crippen LogP contribution is -2.33. The second-order valence-electron chi connectivity index (χ2n) is 7.58. The van der Waals surface area contributed by atoms with Crippen LogP contribution in [0.15, 0.2) is 66.9 Å².